The first-order valence-corrected chi connectivity index (χ1v) is 12.6. The van der Waals surface area contributed by atoms with Crippen LogP contribution in [0.5, 0.6) is 0 Å². The normalized spacial score (nSPS) is 21.5. The van der Waals surface area contributed by atoms with Gasteiger partial charge >= 0.3 is 5.97 Å². The highest BCUT2D eigenvalue weighted by atomic mass is 16.6. The van der Waals surface area contributed by atoms with Crippen LogP contribution < -0.4 is 9.80 Å². The van der Waals surface area contributed by atoms with Crippen molar-refractivity contribution in [3.05, 3.63) is 47.1 Å². The van der Waals surface area contributed by atoms with Crippen LogP contribution in [-0.2, 0) is 28.7 Å². The summed E-state index contributed by atoms with van der Waals surface area (Å²) in [6.07, 6.45) is 2.82. The number of rotatable bonds is 2. The Morgan fingerprint density at radius 2 is 1.10 bits per heavy atom. The Hall–Kier alpha value is -4.35. The molecule has 204 valence electrons. The summed E-state index contributed by atoms with van der Waals surface area (Å²) in [7, 11) is 0. The number of nitrogens with zero attached hydrogens (tertiary/aromatic N) is 6. The van der Waals surface area contributed by atoms with E-state index in [9.17, 15) is 24.0 Å². The summed E-state index contributed by atoms with van der Waals surface area (Å²) in [6, 6.07) is 3.80. The lowest BCUT2D eigenvalue weighted by Gasteiger charge is -2.17. The molecule has 6 rings (SSSR count). The summed E-state index contributed by atoms with van der Waals surface area (Å²) < 4.78 is 4.81. The number of anilines is 2. The van der Waals surface area contributed by atoms with E-state index in [-0.39, 0.29) is 67.1 Å². The van der Waals surface area contributed by atoms with E-state index in [1.54, 1.807) is 4.90 Å². The Bertz CT molecular complexity index is 1290. The molecule has 2 saturated heterocycles. The molecule has 0 bridgehead atoms. The van der Waals surface area contributed by atoms with Crippen molar-refractivity contribution < 1.29 is 28.7 Å². The minimum atomic E-state index is -0.229. The third-order valence-corrected chi connectivity index (χ3v) is 6.51. The third kappa shape index (κ3) is 6.95. The fourth-order valence-corrected chi connectivity index (χ4v) is 4.75. The number of aromatic nitrogens is 4. The number of hydrogen-bond acceptors (Lipinski definition) is 12. The number of carbonyl (C=O) groups excluding carboxylic acids is 5. The number of fused-ring (bicyclic) bond motifs is 1. The Balaban J connectivity index is 0.000000149. The SMILES string of the molecule is Cc1cc(C)nc(N2COC(=O)C2)n1.Cc1cc(C)nc(N2C[C@@H]3C(=O)CC(=O)[C@@H]3C2)n1.O=C1C=CC(=O)C1. The smallest absolute Gasteiger partial charge is 0.327 e. The van der Waals surface area contributed by atoms with Gasteiger partial charge in [-0.3, -0.25) is 28.9 Å². The van der Waals surface area contributed by atoms with Gasteiger partial charge in [-0.1, -0.05) is 0 Å². The molecule has 0 radical (unpaired) electrons. The first kappa shape index (κ1) is 27.7. The second kappa shape index (κ2) is 11.6. The van der Waals surface area contributed by atoms with Gasteiger partial charge < -0.3 is 9.64 Å². The summed E-state index contributed by atoms with van der Waals surface area (Å²) in [4.78, 5) is 75.5. The number of cyclic esters (lactones) is 1. The van der Waals surface area contributed by atoms with Gasteiger partial charge in [-0.2, -0.15) is 0 Å². The van der Waals surface area contributed by atoms with Crippen molar-refractivity contribution in [1.82, 2.24) is 19.9 Å². The zero-order valence-corrected chi connectivity index (χ0v) is 22.3. The Kier molecular flexibility index (Phi) is 8.22. The van der Waals surface area contributed by atoms with Gasteiger partial charge in [0.05, 0.1) is 12.8 Å². The van der Waals surface area contributed by atoms with Gasteiger partial charge in [0.1, 0.15) is 18.1 Å². The maximum absolute atomic E-state index is 11.7. The highest BCUT2D eigenvalue weighted by molar-refractivity contribution is 6.16. The zero-order valence-electron chi connectivity index (χ0n) is 22.3. The van der Waals surface area contributed by atoms with Crippen LogP contribution in [0.3, 0.4) is 0 Å². The largest absolute Gasteiger partial charge is 0.443 e. The van der Waals surface area contributed by atoms with Crippen molar-refractivity contribution in [3.8, 4) is 0 Å². The molecule has 0 unspecified atom stereocenters. The van der Waals surface area contributed by atoms with Crippen molar-refractivity contribution in [3.63, 3.8) is 0 Å². The molecule has 0 N–H and O–H groups in total. The van der Waals surface area contributed by atoms with E-state index in [2.05, 4.69) is 19.9 Å². The van der Waals surface area contributed by atoms with Crippen molar-refractivity contribution >= 4 is 41.0 Å². The first-order valence-electron chi connectivity index (χ1n) is 12.6. The molecule has 39 heavy (non-hydrogen) atoms. The predicted octanol–water partition coefficient (Wildman–Crippen LogP) is 1.19. The molecule has 12 heteroatoms. The van der Waals surface area contributed by atoms with Crippen LogP contribution in [0, 0.1) is 39.5 Å². The lowest BCUT2D eigenvalue weighted by Crippen LogP contribution is -2.26. The molecule has 0 aromatic carbocycles. The monoisotopic (exact) mass is 534 g/mol. The van der Waals surface area contributed by atoms with E-state index in [4.69, 9.17) is 4.74 Å². The van der Waals surface area contributed by atoms with Crippen molar-refractivity contribution in [2.24, 2.45) is 11.8 Å². The summed E-state index contributed by atoms with van der Waals surface area (Å²) in [5.41, 5.74) is 3.61. The number of carbonyl (C=O) groups is 5. The van der Waals surface area contributed by atoms with Crippen LogP contribution >= 0.6 is 0 Å². The molecule has 0 amide bonds. The fraction of sp³-hybridized carbons (Fsp3) is 0.444. The van der Waals surface area contributed by atoms with Gasteiger partial charge in [0.15, 0.2) is 18.3 Å². The van der Waals surface area contributed by atoms with Crippen LogP contribution in [-0.4, -0.2) is 75.4 Å². The van der Waals surface area contributed by atoms with E-state index < -0.39 is 0 Å². The quantitative estimate of drug-likeness (QED) is 0.402. The van der Waals surface area contributed by atoms with Gasteiger partial charge in [0, 0.05) is 47.7 Å². The molecule has 0 spiro atoms. The first-order chi connectivity index (χ1) is 18.5. The molecule has 3 fully saturated rings. The molecule has 4 aliphatic rings. The minimum absolute atomic E-state index is 0.0787. The van der Waals surface area contributed by atoms with E-state index in [0.717, 1.165) is 22.8 Å². The Morgan fingerprint density at radius 3 is 1.46 bits per heavy atom. The average molecular weight is 535 g/mol. The van der Waals surface area contributed by atoms with E-state index in [0.29, 0.717) is 25.0 Å². The Morgan fingerprint density at radius 1 is 0.667 bits per heavy atom. The maximum atomic E-state index is 11.7. The van der Waals surface area contributed by atoms with E-state index in [1.807, 2.05) is 44.7 Å². The number of esters is 1. The molecular weight excluding hydrogens is 504 g/mol. The van der Waals surface area contributed by atoms with E-state index in [1.165, 1.54) is 12.2 Å². The number of allylic oxidation sites excluding steroid dienone is 2. The molecule has 2 aliphatic heterocycles. The highest BCUT2D eigenvalue weighted by Crippen LogP contribution is 2.34. The van der Waals surface area contributed by atoms with Gasteiger partial charge in [0.2, 0.25) is 11.9 Å². The number of aryl methyl sites for hydroxylation is 4. The topological polar surface area (TPSA) is 153 Å². The third-order valence-electron chi connectivity index (χ3n) is 6.51. The van der Waals surface area contributed by atoms with Crippen LogP contribution in [0.1, 0.15) is 35.6 Å². The maximum Gasteiger partial charge on any atom is 0.327 e. The fourth-order valence-electron chi connectivity index (χ4n) is 4.75. The summed E-state index contributed by atoms with van der Waals surface area (Å²) in [5, 5.41) is 0. The number of hydrogen-bond donors (Lipinski definition) is 0. The zero-order chi connectivity index (χ0) is 28.3. The Labute approximate surface area is 225 Å². The van der Waals surface area contributed by atoms with Crippen molar-refractivity contribution in [1.29, 1.82) is 0 Å². The predicted molar refractivity (Wildman–Crippen MR) is 139 cm³/mol. The summed E-state index contributed by atoms with van der Waals surface area (Å²) >= 11 is 0. The van der Waals surface area contributed by atoms with E-state index >= 15 is 0 Å². The van der Waals surface area contributed by atoms with Crippen molar-refractivity contribution in [2.45, 2.75) is 40.5 Å². The van der Waals surface area contributed by atoms with Crippen molar-refractivity contribution in [2.75, 3.05) is 36.2 Å². The molecule has 1 saturated carbocycles. The summed E-state index contributed by atoms with van der Waals surface area (Å²) in [5.74, 6) is 0.705. The van der Waals surface area contributed by atoms with Gasteiger partial charge in [-0.25, -0.2) is 19.9 Å². The number of Topliss-reactive ketones (excluding diaryl/α,β-unsaturated/α-hetero) is 2. The molecule has 2 aromatic rings. The standard InChI is InChI=1S/C13H15N3O2.C9H11N3O2.C5H4O2/c1-7-3-8(2)15-13(14-7)16-5-9-10(6-16)12(18)4-11(9)17;1-6-3-7(2)11-9(10-6)12-4-8(13)14-5-12;6-4-1-2-5(7)3-4/h3,9-10H,4-6H2,1-2H3;3H,4-5H2,1-2H3;1-2H,3H2/t9-,10+;;. The van der Waals surface area contributed by atoms with Crippen LogP contribution in [0.2, 0.25) is 0 Å². The molecule has 2 aliphatic carbocycles. The second-order valence-corrected chi connectivity index (χ2v) is 9.91. The average Bonchev–Trinajstić information content (AvgIpc) is 3.62. The van der Waals surface area contributed by atoms with Gasteiger partial charge in [-0.15, -0.1) is 0 Å². The second-order valence-electron chi connectivity index (χ2n) is 9.91. The molecule has 12 nitrogen and oxygen atoms in total. The lowest BCUT2D eigenvalue weighted by molar-refractivity contribution is -0.137. The van der Waals surface area contributed by atoms with Gasteiger partial charge in [0.25, 0.3) is 0 Å². The molecular formula is C27H30N6O6. The molecule has 2 aromatic heterocycles. The highest BCUT2D eigenvalue weighted by Gasteiger charge is 2.48. The number of ketones is 4. The number of ether oxygens (including phenoxy) is 1. The van der Waals surface area contributed by atoms with Gasteiger partial charge in [-0.05, 0) is 52.0 Å². The summed E-state index contributed by atoms with van der Waals surface area (Å²) in [6.45, 7) is 9.30. The molecule has 4 heterocycles. The van der Waals surface area contributed by atoms with Crippen LogP contribution in [0.15, 0.2) is 24.3 Å². The van der Waals surface area contributed by atoms with Crippen LogP contribution in [0.25, 0.3) is 0 Å². The minimum Gasteiger partial charge on any atom is -0.443 e. The van der Waals surface area contributed by atoms with Crippen LogP contribution in [0.4, 0.5) is 11.9 Å². The lowest BCUT2D eigenvalue weighted by atomic mass is 10.00. The molecule has 2 atom stereocenters.